The van der Waals surface area contributed by atoms with Gasteiger partial charge in [0.25, 0.3) is 0 Å². The van der Waals surface area contributed by atoms with Crippen LogP contribution in [0.1, 0.15) is 0 Å². The maximum atomic E-state index is 10.9. The molecule has 0 unspecified atom stereocenters. The van der Waals surface area contributed by atoms with Crippen LogP contribution < -0.4 is 52.5 Å². The summed E-state index contributed by atoms with van der Waals surface area (Å²) >= 11 is 0. The lowest BCUT2D eigenvalue weighted by atomic mass is 10.3. The van der Waals surface area contributed by atoms with Gasteiger partial charge in [0.2, 0.25) is 0 Å². The molecule has 58 heavy (non-hydrogen) atoms. The number of benzene rings is 8. The number of halogens is 1. The quantitative estimate of drug-likeness (QED) is 0.0964. The SMILES string of the molecule is Oc1ccc(O)c([P+](c2ccccc2)(c2ccccc2)c2ccccc2)c1.Oc1ccc(O)c([P+](c2ccccc2)(c2ccccc2)c2ccccc2)c1.[O-]B([O-])F. The molecule has 0 aromatic heterocycles. The lowest BCUT2D eigenvalue weighted by Gasteiger charge is -2.28. The van der Waals surface area contributed by atoms with Gasteiger partial charge >= 0.3 is 0 Å². The van der Waals surface area contributed by atoms with Crippen molar-refractivity contribution in [3.8, 4) is 23.0 Å². The van der Waals surface area contributed by atoms with E-state index in [0.29, 0.717) is 0 Å². The Bertz CT molecular complexity index is 2110. The Labute approximate surface area is 339 Å². The first-order valence-electron chi connectivity index (χ1n) is 18.3. The Morgan fingerprint density at radius 3 is 0.707 bits per heavy atom. The van der Waals surface area contributed by atoms with Gasteiger partial charge in [-0.1, -0.05) is 109 Å². The maximum Gasteiger partial charge on any atom is 0.159 e. The molecular weight excluding hydrogens is 764 g/mol. The van der Waals surface area contributed by atoms with Crippen molar-refractivity contribution in [2.24, 2.45) is 0 Å². The van der Waals surface area contributed by atoms with Crippen LogP contribution in [0.4, 0.5) is 4.32 Å². The molecule has 0 bridgehead atoms. The van der Waals surface area contributed by atoms with E-state index in [1.807, 2.05) is 109 Å². The van der Waals surface area contributed by atoms with Gasteiger partial charge in [0, 0.05) is 12.1 Å². The third-order valence-electron chi connectivity index (χ3n) is 9.50. The molecule has 0 radical (unpaired) electrons. The van der Waals surface area contributed by atoms with Crippen molar-refractivity contribution in [2.75, 3.05) is 0 Å². The zero-order valence-electron chi connectivity index (χ0n) is 31.2. The first-order valence-corrected chi connectivity index (χ1v) is 21.9. The van der Waals surface area contributed by atoms with E-state index < -0.39 is 21.9 Å². The summed E-state index contributed by atoms with van der Waals surface area (Å²) in [5.41, 5.74) is 0. The number of phenolic OH excluding ortho intramolecular Hbond substituents is 4. The second-order valence-electron chi connectivity index (χ2n) is 13.0. The van der Waals surface area contributed by atoms with Crippen molar-refractivity contribution < 1.29 is 34.8 Å². The van der Waals surface area contributed by atoms with Gasteiger partial charge in [-0.15, -0.1) is 0 Å². The van der Waals surface area contributed by atoms with Crippen LogP contribution >= 0.6 is 14.5 Å². The maximum absolute atomic E-state index is 10.9. The van der Waals surface area contributed by atoms with E-state index in [4.69, 9.17) is 10.0 Å². The van der Waals surface area contributed by atoms with Crippen molar-refractivity contribution >= 4 is 64.4 Å². The van der Waals surface area contributed by atoms with E-state index in [0.717, 1.165) is 42.4 Å². The summed E-state index contributed by atoms with van der Waals surface area (Å²) in [6, 6.07) is 71.2. The lowest BCUT2D eigenvalue weighted by Crippen LogP contribution is -2.39. The second-order valence-corrected chi connectivity index (χ2v) is 19.7. The fourth-order valence-electron chi connectivity index (χ4n) is 7.20. The smallest absolute Gasteiger partial charge is 0.159 e. The van der Waals surface area contributed by atoms with Crippen molar-refractivity contribution in [2.45, 2.75) is 0 Å². The van der Waals surface area contributed by atoms with Crippen LogP contribution in [0.5, 0.6) is 23.0 Å². The molecule has 0 heterocycles. The van der Waals surface area contributed by atoms with Crippen LogP contribution in [-0.2, 0) is 0 Å². The monoisotopic (exact) mass is 804 g/mol. The first-order chi connectivity index (χ1) is 28.2. The highest BCUT2D eigenvalue weighted by Crippen LogP contribution is 2.57. The third kappa shape index (κ3) is 8.82. The zero-order chi connectivity index (χ0) is 41.0. The molecular formula is C48H40BFO6P2. The Balaban J connectivity index is 0.000000179. The first kappa shape index (κ1) is 41.4. The summed E-state index contributed by atoms with van der Waals surface area (Å²) in [5, 5.41) is 67.1. The molecule has 4 N–H and O–H groups in total. The summed E-state index contributed by atoms with van der Waals surface area (Å²) in [4.78, 5) is 0. The molecule has 8 aromatic rings. The van der Waals surface area contributed by atoms with Crippen molar-refractivity contribution in [1.29, 1.82) is 0 Å². The molecule has 0 saturated heterocycles. The van der Waals surface area contributed by atoms with Crippen LogP contribution in [0, 0.1) is 0 Å². The summed E-state index contributed by atoms with van der Waals surface area (Å²) in [5.74, 6) is 0.681. The minimum Gasteiger partial charge on any atom is -0.867 e. The number of hydrogen-bond donors (Lipinski definition) is 4. The second kappa shape index (κ2) is 19.3. The topological polar surface area (TPSA) is 127 Å². The third-order valence-corrected chi connectivity index (χ3v) is 18.1. The van der Waals surface area contributed by atoms with Gasteiger partial charge in [-0.25, -0.2) is 0 Å². The zero-order valence-corrected chi connectivity index (χ0v) is 33.0. The number of rotatable bonds is 8. The van der Waals surface area contributed by atoms with E-state index in [1.54, 1.807) is 24.3 Å². The summed E-state index contributed by atoms with van der Waals surface area (Å²) < 4.78 is 9.89. The summed E-state index contributed by atoms with van der Waals surface area (Å²) in [6.45, 7) is 0. The fraction of sp³-hybridized carbons (Fsp3) is 0. The minimum absolute atomic E-state index is 0.148. The lowest BCUT2D eigenvalue weighted by molar-refractivity contribution is -0.366. The van der Waals surface area contributed by atoms with E-state index >= 15 is 0 Å². The average molecular weight is 805 g/mol. The van der Waals surface area contributed by atoms with Gasteiger partial charge in [-0.05, 0) is 97.1 Å². The standard InChI is InChI=1S/2C24H19O2P.BFO2/c2*25-19-16-17-23(26)24(18-19)27(20-10-4-1-5-11-20,21-12-6-2-7-13-21)22-14-8-3-9-15-22;2-1(3)4/h2*1-18H,(H-,25,26);/q;;-2/p+2. The number of hydrogen-bond acceptors (Lipinski definition) is 6. The Hall–Kier alpha value is -6.27. The van der Waals surface area contributed by atoms with Crippen molar-refractivity contribution in [3.05, 3.63) is 218 Å². The van der Waals surface area contributed by atoms with E-state index in [9.17, 15) is 24.7 Å². The molecule has 0 aliphatic rings. The van der Waals surface area contributed by atoms with Gasteiger partial charge in [0.15, 0.2) is 22.1 Å². The van der Waals surface area contributed by atoms with Crippen LogP contribution in [0.2, 0.25) is 0 Å². The number of phenols is 4. The molecule has 0 saturated carbocycles. The fourth-order valence-corrected chi connectivity index (χ4v) is 15.9. The van der Waals surface area contributed by atoms with Crippen LogP contribution in [0.3, 0.4) is 0 Å². The van der Waals surface area contributed by atoms with Crippen molar-refractivity contribution in [3.63, 3.8) is 0 Å². The van der Waals surface area contributed by atoms with Crippen LogP contribution in [-0.4, -0.2) is 27.8 Å². The molecule has 0 atom stereocenters. The molecule has 0 amide bonds. The van der Waals surface area contributed by atoms with E-state index in [2.05, 4.69) is 72.8 Å². The molecule has 0 spiro atoms. The number of aromatic hydroxyl groups is 4. The van der Waals surface area contributed by atoms with Crippen molar-refractivity contribution in [1.82, 2.24) is 0 Å². The Morgan fingerprint density at radius 2 is 0.517 bits per heavy atom. The highest BCUT2D eigenvalue weighted by atomic mass is 31.2. The van der Waals surface area contributed by atoms with E-state index in [1.165, 1.54) is 12.1 Å². The average Bonchev–Trinajstić information content (AvgIpc) is 3.26. The van der Waals surface area contributed by atoms with E-state index in [-0.39, 0.29) is 23.0 Å². The summed E-state index contributed by atoms with van der Waals surface area (Å²) in [7, 11) is -7.93. The Morgan fingerprint density at radius 1 is 0.328 bits per heavy atom. The molecule has 10 heteroatoms. The van der Waals surface area contributed by atoms with Crippen LogP contribution in [0.25, 0.3) is 0 Å². The predicted molar refractivity (Wildman–Crippen MR) is 236 cm³/mol. The molecule has 288 valence electrons. The highest BCUT2D eigenvalue weighted by Gasteiger charge is 2.51. The molecule has 8 aromatic carbocycles. The minimum atomic E-state index is -3.17. The molecule has 8 rings (SSSR count). The predicted octanol–water partition coefficient (Wildman–Crippen LogP) is 5.10. The molecule has 0 fully saturated rings. The molecule has 6 nitrogen and oxygen atoms in total. The summed E-state index contributed by atoms with van der Waals surface area (Å²) in [6.07, 6.45) is 0. The van der Waals surface area contributed by atoms with Gasteiger partial charge in [-0.2, -0.15) is 0 Å². The molecule has 0 aliphatic heterocycles. The van der Waals surface area contributed by atoms with Crippen LogP contribution in [0.15, 0.2) is 218 Å². The Kier molecular flexibility index (Phi) is 13.7. The highest BCUT2D eigenvalue weighted by molar-refractivity contribution is 8.02. The van der Waals surface area contributed by atoms with Gasteiger partial charge in [-0.3, -0.25) is 0 Å². The van der Waals surface area contributed by atoms with Gasteiger partial charge in [0.1, 0.15) is 65.2 Å². The van der Waals surface area contributed by atoms with Gasteiger partial charge in [0.05, 0.1) is 0 Å². The van der Waals surface area contributed by atoms with Gasteiger partial charge < -0.3 is 34.8 Å². The molecule has 0 aliphatic carbocycles. The largest absolute Gasteiger partial charge is 0.867 e. The normalized spacial score (nSPS) is 10.9.